The van der Waals surface area contributed by atoms with Gasteiger partial charge in [-0.15, -0.1) is 0 Å². The number of sulfonamides is 1. The van der Waals surface area contributed by atoms with Crippen molar-refractivity contribution in [2.24, 2.45) is 5.73 Å². The van der Waals surface area contributed by atoms with E-state index in [0.717, 1.165) is 0 Å². The fourth-order valence-electron chi connectivity index (χ4n) is 0.760. The van der Waals surface area contributed by atoms with Gasteiger partial charge in [0.1, 0.15) is 0 Å². The molecule has 1 atom stereocenters. The quantitative estimate of drug-likeness (QED) is 0.662. The molecule has 0 bridgehead atoms. The summed E-state index contributed by atoms with van der Waals surface area (Å²) in [6, 6.07) is -0.232. The maximum Gasteiger partial charge on any atom is 0.214 e. The second kappa shape index (κ2) is 4.88. The van der Waals surface area contributed by atoms with Crippen molar-refractivity contribution in [1.29, 1.82) is 0 Å². The van der Waals surface area contributed by atoms with E-state index in [2.05, 4.69) is 16.9 Å². The Bertz CT molecular complexity index is 272. The van der Waals surface area contributed by atoms with Crippen molar-refractivity contribution in [2.75, 3.05) is 0 Å². The van der Waals surface area contributed by atoms with Crippen LogP contribution in [0.15, 0.2) is 0 Å². The molecule has 0 radical (unpaired) electrons. The van der Waals surface area contributed by atoms with Crippen LogP contribution in [-0.4, -0.2) is 24.7 Å². The Kier molecular flexibility index (Phi) is 4.80. The van der Waals surface area contributed by atoms with Gasteiger partial charge in [0.2, 0.25) is 10.0 Å². The van der Waals surface area contributed by atoms with Crippen LogP contribution in [0.2, 0.25) is 0 Å². The molecule has 0 fully saturated rings. The zero-order chi connectivity index (χ0) is 10.6. The van der Waals surface area contributed by atoms with Crippen LogP contribution in [0, 0.1) is 0 Å². The third-order valence-electron chi connectivity index (χ3n) is 1.49. The largest absolute Gasteiger partial charge is 0.393 e. The standard InChI is InChI=1S/C7H16N2O2S2/c1-5(2)13(10,11)9-6(3)4-7(8)12/h5-6,9H,4H2,1-3H3,(H2,8,12). The van der Waals surface area contributed by atoms with Crippen molar-refractivity contribution in [3.8, 4) is 0 Å². The Labute approximate surface area is 84.9 Å². The number of rotatable bonds is 5. The van der Waals surface area contributed by atoms with Crippen LogP contribution in [0.25, 0.3) is 0 Å². The van der Waals surface area contributed by atoms with Crippen LogP contribution in [0.5, 0.6) is 0 Å². The van der Waals surface area contributed by atoms with Gasteiger partial charge in [-0.25, -0.2) is 13.1 Å². The predicted octanol–water partition coefficient (Wildman–Crippen LogP) is 0.379. The summed E-state index contributed by atoms with van der Waals surface area (Å²) in [5, 5.41) is -0.429. The second-order valence-electron chi connectivity index (χ2n) is 3.28. The van der Waals surface area contributed by atoms with Gasteiger partial charge in [-0.2, -0.15) is 0 Å². The van der Waals surface area contributed by atoms with E-state index in [0.29, 0.717) is 11.4 Å². The summed E-state index contributed by atoms with van der Waals surface area (Å²) in [6.07, 6.45) is 0.390. The minimum atomic E-state index is -3.21. The van der Waals surface area contributed by atoms with Gasteiger partial charge in [0.25, 0.3) is 0 Å². The summed E-state index contributed by atoms with van der Waals surface area (Å²) >= 11 is 4.67. The minimum Gasteiger partial charge on any atom is -0.393 e. The Hall–Kier alpha value is -0.200. The van der Waals surface area contributed by atoms with Crippen molar-refractivity contribution in [2.45, 2.75) is 38.5 Å². The first kappa shape index (κ1) is 12.8. The Balaban J connectivity index is 4.21. The van der Waals surface area contributed by atoms with Crippen LogP contribution >= 0.6 is 12.2 Å². The van der Waals surface area contributed by atoms with E-state index in [-0.39, 0.29) is 6.04 Å². The molecule has 0 saturated heterocycles. The van der Waals surface area contributed by atoms with Crippen LogP contribution in [0.1, 0.15) is 27.2 Å². The normalized spacial score (nSPS) is 14.5. The molecule has 0 aromatic heterocycles. The molecule has 0 aliphatic heterocycles. The molecule has 3 N–H and O–H groups in total. The van der Waals surface area contributed by atoms with E-state index < -0.39 is 15.3 Å². The molecule has 0 aliphatic rings. The summed E-state index contributed by atoms with van der Waals surface area (Å²) in [7, 11) is -3.21. The van der Waals surface area contributed by atoms with E-state index in [1.54, 1.807) is 20.8 Å². The average Bonchev–Trinajstić information content (AvgIpc) is 1.82. The highest BCUT2D eigenvalue weighted by Gasteiger charge is 2.18. The maximum atomic E-state index is 11.3. The van der Waals surface area contributed by atoms with Crippen LogP contribution < -0.4 is 10.5 Å². The highest BCUT2D eigenvalue weighted by atomic mass is 32.2. The van der Waals surface area contributed by atoms with Gasteiger partial charge >= 0.3 is 0 Å². The fraction of sp³-hybridized carbons (Fsp3) is 0.857. The number of thiocarbonyl (C=S) groups is 1. The van der Waals surface area contributed by atoms with Gasteiger partial charge in [0, 0.05) is 12.5 Å². The molecule has 4 nitrogen and oxygen atoms in total. The van der Waals surface area contributed by atoms with Crippen molar-refractivity contribution >= 4 is 27.2 Å². The van der Waals surface area contributed by atoms with Crippen molar-refractivity contribution < 1.29 is 8.42 Å². The van der Waals surface area contributed by atoms with Crippen molar-refractivity contribution in [3.63, 3.8) is 0 Å². The molecule has 6 heteroatoms. The molecule has 78 valence electrons. The lowest BCUT2D eigenvalue weighted by atomic mass is 10.3. The van der Waals surface area contributed by atoms with E-state index in [1.165, 1.54) is 0 Å². The van der Waals surface area contributed by atoms with E-state index in [4.69, 9.17) is 5.73 Å². The lowest BCUT2D eigenvalue weighted by Crippen LogP contribution is -2.39. The highest BCUT2D eigenvalue weighted by Crippen LogP contribution is 2.00. The molecule has 0 amide bonds. The third-order valence-corrected chi connectivity index (χ3v) is 3.63. The summed E-state index contributed by atoms with van der Waals surface area (Å²) < 4.78 is 25.1. The molecule has 0 aliphatic carbocycles. The number of hydrogen-bond acceptors (Lipinski definition) is 3. The van der Waals surface area contributed by atoms with Gasteiger partial charge in [-0.3, -0.25) is 0 Å². The molecule has 1 unspecified atom stereocenters. The highest BCUT2D eigenvalue weighted by molar-refractivity contribution is 7.90. The van der Waals surface area contributed by atoms with Gasteiger partial charge in [-0.1, -0.05) is 12.2 Å². The van der Waals surface area contributed by atoms with Gasteiger partial charge in [0.05, 0.1) is 10.2 Å². The molecule has 0 saturated carbocycles. The molecule has 0 aromatic rings. The first-order valence-corrected chi connectivity index (χ1v) is 6.00. The first-order chi connectivity index (χ1) is 5.75. The lowest BCUT2D eigenvalue weighted by molar-refractivity contribution is 0.556. The van der Waals surface area contributed by atoms with Crippen molar-refractivity contribution in [1.82, 2.24) is 4.72 Å². The molecule has 0 heterocycles. The predicted molar refractivity (Wildman–Crippen MR) is 58.1 cm³/mol. The Morgan fingerprint density at radius 1 is 1.46 bits per heavy atom. The monoisotopic (exact) mass is 224 g/mol. The van der Waals surface area contributed by atoms with E-state index in [9.17, 15) is 8.42 Å². The zero-order valence-electron chi connectivity index (χ0n) is 8.07. The van der Waals surface area contributed by atoms with Gasteiger partial charge < -0.3 is 5.73 Å². The lowest BCUT2D eigenvalue weighted by Gasteiger charge is -2.15. The summed E-state index contributed by atoms with van der Waals surface area (Å²) in [5.74, 6) is 0. The Morgan fingerprint density at radius 2 is 1.92 bits per heavy atom. The average molecular weight is 224 g/mol. The van der Waals surface area contributed by atoms with E-state index >= 15 is 0 Å². The van der Waals surface area contributed by atoms with E-state index in [1.807, 2.05) is 0 Å². The first-order valence-electron chi connectivity index (χ1n) is 4.05. The van der Waals surface area contributed by atoms with Crippen LogP contribution in [-0.2, 0) is 10.0 Å². The molecular formula is C7H16N2O2S2. The van der Waals surface area contributed by atoms with Gasteiger partial charge in [-0.05, 0) is 20.8 Å². The third kappa shape index (κ3) is 5.17. The fourth-order valence-corrected chi connectivity index (χ4v) is 1.93. The second-order valence-corrected chi connectivity index (χ2v) is 6.08. The number of nitrogens with two attached hydrogens (primary N) is 1. The molecule has 0 spiro atoms. The zero-order valence-corrected chi connectivity index (χ0v) is 9.71. The summed E-state index contributed by atoms with van der Waals surface area (Å²) in [5.41, 5.74) is 5.28. The number of nitrogens with one attached hydrogen (secondary N) is 1. The number of hydrogen-bond donors (Lipinski definition) is 2. The van der Waals surface area contributed by atoms with Gasteiger partial charge in [0.15, 0.2) is 0 Å². The minimum absolute atomic E-state index is 0.232. The maximum absolute atomic E-state index is 11.3. The molecular weight excluding hydrogens is 208 g/mol. The van der Waals surface area contributed by atoms with Crippen LogP contribution in [0.4, 0.5) is 0 Å². The molecule has 0 rings (SSSR count). The molecule has 13 heavy (non-hydrogen) atoms. The summed E-state index contributed by atoms with van der Waals surface area (Å²) in [4.78, 5) is 0.318. The summed E-state index contributed by atoms with van der Waals surface area (Å²) in [6.45, 7) is 4.98. The SMILES string of the molecule is CC(CC(N)=S)NS(=O)(=O)C(C)C. The Morgan fingerprint density at radius 3 is 2.23 bits per heavy atom. The molecule has 0 aromatic carbocycles. The smallest absolute Gasteiger partial charge is 0.214 e. The topological polar surface area (TPSA) is 72.2 Å². The van der Waals surface area contributed by atoms with Crippen molar-refractivity contribution in [3.05, 3.63) is 0 Å². The van der Waals surface area contributed by atoms with Crippen LogP contribution in [0.3, 0.4) is 0 Å².